The lowest BCUT2D eigenvalue weighted by atomic mass is 10.0. The second-order valence-corrected chi connectivity index (χ2v) is 6.31. The third-order valence-corrected chi connectivity index (χ3v) is 4.41. The first-order valence-corrected chi connectivity index (χ1v) is 8.15. The molecule has 27 heavy (non-hydrogen) atoms. The molecule has 4 rings (SSSR count). The van der Waals surface area contributed by atoms with Crippen molar-refractivity contribution >= 4 is 23.2 Å². The van der Waals surface area contributed by atoms with Gasteiger partial charge in [0.05, 0.1) is 17.7 Å². The average Bonchev–Trinajstić information content (AvgIpc) is 2.93. The second kappa shape index (κ2) is 6.23. The fourth-order valence-electron chi connectivity index (χ4n) is 2.79. The van der Waals surface area contributed by atoms with Gasteiger partial charge in [-0.2, -0.15) is 13.2 Å². The summed E-state index contributed by atoms with van der Waals surface area (Å²) in [5.74, 6) is -0.372. The Morgan fingerprint density at radius 2 is 2.04 bits per heavy atom. The molecule has 7 nitrogen and oxygen atoms in total. The standard InChI is InChI=1S/C17H15F3N6O/c18-17(19,20)12-3-10(6-23-15(12)21)9-1-2-14-24-13(8-26(14)7-9)25-16(27)11-4-22-5-11/h1-3,6-8,11,22H,4-5H2,(H2,21,23)(H,25,27). The van der Waals surface area contributed by atoms with E-state index in [0.717, 1.165) is 6.07 Å². The van der Waals surface area contributed by atoms with Crippen LogP contribution in [-0.2, 0) is 11.0 Å². The number of aromatic nitrogens is 3. The summed E-state index contributed by atoms with van der Waals surface area (Å²) < 4.78 is 40.8. The highest BCUT2D eigenvalue weighted by Gasteiger charge is 2.34. The van der Waals surface area contributed by atoms with Crippen molar-refractivity contribution in [2.24, 2.45) is 5.92 Å². The number of anilines is 2. The summed E-state index contributed by atoms with van der Waals surface area (Å²) in [6.07, 6.45) is -0.0660. The van der Waals surface area contributed by atoms with E-state index in [-0.39, 0.29) is 17.4 Å². The second-order valence-electron chi connectivity index (χ2n) is 6.31. The van der Waals surface area contributed by atoms with Crippen molar-refractivity contribution in [3.8, 4) is 11.1 Å². The number of imidazole rings is 1. The number of pyridine rings is 2. The van der Waals surface area contributed by atoms with Crippen LogP contribution in [0.5, 0.6) is 0 Å². The van der Waals surface area contributed by atoms with Crippen LogP contribution in [0.2, 0.25) is 0 Å². The number of amides is 1. The number of fused-ring (bicyclic) bond motifs is 1. The topological polar surface area (TPSA) is 97.3 Å². The first-order chi connectivity index (χ1) is 12.8. The highest BCUT2D eigenvalue weighted by atomic mass is 19.4. The zero-order valence-corrected chi connectivity index (χ0v) is 13.9. The van der Waals surface area contributed by atoms with Crippen LogP contribution in [0.3, 0.4) is 0 Å². The molecule has 0 radical (unpaired) electrons. The van der Waals surface area contributed by atoms with Gasteiger partial charge >= 0.3 is 6.18 Å². The Labute approximate surface area is 151 Å². The highest BCUT2D eigenvalue weighted by Crippen LogP contribution is 2.35. The van der Waals surface area contributed by atoms with E-state index in [1.165, 1.54) is 6.20 Å². The number of hydrogen-bond donors (Lipinski definition) is 3. The van der Waals surface area contributed by atoms with E-state index >= 15 is 0 Å². The molecule has 10 heteroatoms. The zero-order chi connectivity index (χ0) is 19.2. The quantitative estimate of drug-likeness (QED) is 0.651. The van der Waals surface area contributed by atoms with E-state index in [1.54, 1.807) is 28.9 Å². The molecule has 0 spiro atoms. The van der Waals surface area contributed by atoms with Gasteiger partial charge in [-0.15, -0.1) is 0 Å². The van der Waals surface area contributed by atoms with Crippen molar-refractivity contribution in [3.05, 3.63) is 42.4 Å². The van der Waals surface area contributed by atoms with Crippen LogP contribution in [0.1, 0.15) is 5.56 Å². The van der Waals surface area contributed by atoms with E-state index < -0.39 is 17.6 Å². The summed E-state index contributed by atoms with van der Waals surface area (Å²) >= 11 is 0. The molecule has 3 aromatic heterocycles. The third-order valence-electron chi connectivity index (χ3n) is 4.41. The lowest BCUT2D eigenvalue weighted by molar-refractivity contribution is -0.137. The number of nitrogens with two attached hydrogens (primary N) is 1. The van der Waals surface area contributed by atoms with Gasteiger partial charge in [0.2, 0.25) is 5.91 Å². The molecule has 140 valence electrons. The van der Waals surface area contributed by atoms with Gasteiger partial charge in [-0.05, 0) is 18.2 Å². The maximum absolute atomic E-state index is 13.0. The number of carbonyl (C=O) groups is 1. The lowest BCUT2D eigenvalue weighted by Crippen LogP contribution is -2.48. The number of carbonyl (C=O) groups excluding carboxylic acids is 1. The van der Waals surface area contributed by atoms with E-state index in [4.69, 9.17) is 5.73 Å². The summed E-state index contributed by atoms with van der Waals surface area (Å²) in [6, 6.07) is 4.25. The van der Waals surface area contributed by atoms with Crippen LogP contribution >= 0.6 is 0 Å². The Morgan fingerprint density at radius 3 is 2.70 bits per heavy atom. The molecule has 0 aliphatic carbocycles. The molecule has 0 aromatic carbocycles. The van der Waals surface area contributed by atoms with Gasteiger partial charge in [-0.25, -0.2) is 9.97 Å². The molecule has 1 saturated heterocycles. The van der Waals surface area contributed by atoms with Crippen LogP contribution in [0, 0.1) is 5.92 Å². The average molecular weight is 376 g/mol. The van der Waals surface area contributed by atoms with Crippen LogP contribution < -0.4 is 16.4 Å². The highest BCUT2D eigenvalue weighted by molar-refractivity contribution is 5.92. The Morgan fingerprint density at radius 1 is 1.26 bits per heavy atom. The van der Waals surface area contributed by atoms with Gasteiger partial charge in [0.15, 0.2) is 5.82 Å². The number of halogens is 3. The summed E-state index contributed by atoms with van der Waals surface area (Å²) in [6.45, 7) is 1.27. The maximum atomic E-state index is 13.0. The molecule has 1 aliphatic rings. The molecular weight excluding hydrogens is 361 g/mol. The maximum Gasteiger partial charge on any atom is 0.419 e. The molecule has 0 unspecified atom stereocenters. The Hall–Kier alpha value is -3.14. The van der Waals surface area contributed by atoms with E-state index in [0.29, 0.717) is 30.1 Å². The van der Waals surface area contributed by atoms with Crippen LogP contribution in [0.25, 0.3) is 16.8 Å². The normalized spacial score (nSPS) is 14.9. The molecule has 0 saturated carbocycles. The number of rotatable bonds is 3. The summed E-state index contributed by atoms with van der Waals surface area (Å²) in [5.41, 5.74) is 5.71. The SMILES string of the molecule is Nc1ncc(-c2ccc3nc(NC(=O)C4CNC4)cn3c2)cc1C(F)(F)F. The summed E-state index contributed by atoms with van der Waals surface area (Å²) in [5, 5.41) is 5.76. The van der Waals surface area contributed by atoms with Crippen molar-refractivity contribution in [1.82, 2.24) is 19.7 Å². The largest absolute Gasteiger partial charge is 0.419 e. The first-order valence-electron chi connectivity index (χ1n) is 8.15. The number of nitrogen functional groups attached to an aromatic ring is 1. The molecule has 1 amide bonds. The van der Waals surface area contributed by atoms with Crippen molar-refractivity contribution in [2.75, 3.05) is 24.1 Å². The smallest absolute Gasteiger partial charge is 0.383 e. The van der Waals surface area contributed by atoms with E-state index in [2.05, 4.69) is 20.6 Å². The predicted molar refractivity (Wildman–Crippen MR) is 92.8 cm³/mol. The van der Waals surface area contributed by atoms with Crippen LogP contribution in [0.15, 0.2) is 36.8 Å². The molecule has 4 N–H and O–H groups in total. The Bertz CT molecular complexity index is 1030. The minimum Gasteiger partial charge on any atom is -0.383 e. The van der Waals surface area contributed by atoms with Gasteiger partial charge in [-0.3, -0.25) is 4.79 Å². The zero-order valence-electron chi connectivity index (χ0n) is 13.9. The van der Waals surface area contributed by atoms with Crippen molar-refractivity contribution in [2.45, 2.75) is 6.18 Å². The van der Waals surface area contributed by atoms with Gasteiger partial charge in [-0.1, -0.05) is 0 Å². The number of alkyl halides is 3. The third kappa shape index (κ3) is 3.31. The van der Waals surface area contributed by atoms with Crippen molar-refractivity contribution in [3.63, 3.8) is 0 Å². The van der Waals surface area contributed by atoms with Crippen molar-refractivity contribution in [1.29, 1.82) is 0 Å². The molecular formula is C17H15F3N6O. The fraction of sp³-hybridized carbons (Fsp3) is 0.235. The predicted octanol–water partition coefficient (Wildman–Crippen LogP) is 2.16. The van der Waals surface area contributed by atoms with Gasteiger partial charge in [0.25, 0.3) is 0 Å². The van der Waals surface area contributed by atoms with E-state index in [1.807, 2.05) is 0 Å². The molecule has 1 fully saturated rings. The molecule has 4 heterocycles. The monoisotopic (exact) mass is 376 g/mol. The molecule has 0 atom stereocenters. The first kappa shape index (κ1) is 17.3. The van der Waals surface area contributed by atoms with Gasteiger partial charge < -0.3 is 20.8 Å². The lowest BCUT2D eigenvalue weighted by Gasteiger charge is -2.25. The summed E-state index contributed by atoms with van der Waals surface area (Å²) in [7, 11) is 0. The minimum atomic E-state index is -4.58. The molecule has 0 bridgehead atoms. The van der Waals surface area contributed by atoms with Gasteiger partial charge in [0.1, 0.15) is 11.5 Å². The fourth-order valence-corrected chi connectivity index (χ4v) is 2.79. The Balaban J connectivity index is 1.64. The minimum absolute atomic E-state index is 0.0768. The van der Waals surface area contributed by atoms with E-state index in [9.17, 15) is 18.0 Å². The van der Waals surface area contributed by atoms with Crippen molar-refractivity contribution < 1.29 is 18.0 Å². The van der Waals surface area contributed by atoms with Crippen LogP contribution in [0.4, 0.5) is 24.8 Å². The van der Waals surface area contributed by atoms with Crippen LogP contribution in [-0.4, -0.2) is 33.4 Å². The van der Waals surface area contributed by atoms with Gasteiger partial charge in [0, 0.05) is 36.6 Å². The summed E-state index contributed by atoms with van der Waals surface area (Å²) in [4.78, 5) is 19.9. The Kier molecular flexibility index (Phi) is 3.99. The number of hydrogen-bond acceptors (Lipinski definition) is 5. The number of nitrogens with zero attached hydrogens (tertiary/aromatic N) is 3. The molecule has 1 aliphatic heterocycles. The number of nitrogens with one attached hydrogen (secondary N) is 2. The molecule has 3 aromatic rings.